The molecule has 2 fully saturated rings. The Morgan fingerprint density at radius 1 is 1.43 bits per heavy atom. The molecule has 1 aromatic rings. The van der Waals surface area contributed by atoms with Crippen LogP contribution in [0.4, 0.5) is 5.82 Å². The summed E-state index contributed by atoms with van der Waals surface area (Å²) in [4.78, 5) is 11.8. The van der Waals surface area contributed by atoms with Crippen molar-refractivity contribution in [1.29, 1.82) is 0 Å². The molecule has 2 unspecified atom stereocenters. The van der Waals surface area contributed by atoms with Gasteiger partial charge >= 0.3 is 0 Å². The number of halogens is 1. The molecule has 3 rings (SSSR count). The lowest BCUT2D eigenvalue weighted by atomic mass is 10.2. The number of morpholine rings is 1. The molecule has 2 aliphatic heterocycles. The normalized spacial score (nSPS) is 25.9. The Morgan fingerprint density at radius 2 is 2.29 bits per heavy atom. The molecule has 0 amide bonds. The molecule has 0 aromatic carbocycles. The monoisotopic (exact) mass is 354 g/mol. The number of hydrogen-bond donors (Lipinski definition) is 1. The molecule has 21 heavy (non-hydrogen) atoms. The molecular weight excluding hydrogens is 332 g/mol. The second kappa shape index (κ2) is 6.58. The molecule has 0 spiro atoms. The number of hydrogen-bond acceptors (Lipinski definition) is 5. The van der Waals surface area contributed by atoms with E-state index in [9.17, 15) is 0 Å². The van der Waals surface area contributed by atoms with Crippen molar-refractivity contribution < 1.29 is 4.74 Å². The molecule has 2 saturated heterocycles. The molecule has 116 valence electrons. The summed E-state index contributed by atoms with van der Waals surface area (Å²) in [6.07, 6.45) is 3.61. The van der Waals surface area contributed by atoms with Gasteiger partial charge in [0.05, 0.1) is 16.8 Å². The first-order chi connectivity index (χ1) is 10.2. The Balaban J connectivity index is 1.79. The third-order valence-corrected chi connectivity index (χ3v) is 5.20. The Labute approximate surface area is 134 Å². The standard InChI is InChI=1S/C15H23BrN4O/c1-3-6-17-15-13(16)10(2)18-14(19-15)12-8-20-7-4-5-11(20)9-21-12/h11-12H,3-9H2,1-2H3,(H,17,18,19). The van der Waals surface area contributed by atoms with Crippen LogP contribution in [0.15, 0.2) is 4.47 Å². The predicted octanol–water partition coefficient (Wildman–Crippen LogP) is 2.91. The van der Waals surface area contributed by atoms with Crippen molar-refractivity contribution >= 4 is 21.7 Å². The van der Waals surface area contributed by atoms with Crippen molar-refractivity contribution in [2.45, 2.75) is 45.3 Å². The van der Waals surface area contributed by atoms with Gasteiger partial charge in [-0.05, 0) is 48.7 Å². The Hall–Kier alpha value is -0.720. The number of nitrogens with one attached hydrogen (secondary N) is 1. The van der Waals surface area contributed by atoms with Gasteiger partial charge in [0.15, 0.2) is 5.82 Å². The van der Waals surface area contributed by atoms with Crippen LogP contribution in [0.25, 0.3) is 0 Å². The van der Waals surface area contributed by atoms with Crippen molar-refractivity contribution in [3.05, 3.63) is 16.0 Å². The van der Waals surface area contributed by atoms with Gasteiger partial charge in [-0.25, -0.2) is 9.97 Å². The topological polar surface area (TPSA) is 50.3 Å². The smallest absolute Gasteiger partial charge is 0.161 e. The van der Waals surface area contributed by atoms with Gasteiger partial charge in [0.2, 0.25) is 0 Å². The number of nitrogens with zero attached hydrogens (tertiary/aromatic N) is 3. The van der Waals surface area contributed by atoms with Crippen molar-refractivity contribution in [1.82, 2.24) is 14.9 Å². The molecule has 1 aromatic heterocycles. The van der Waals surface area contributed by atoms with Gasteiger partial charge in [-0.15, -0.1) is 0 Å². The van der Waals surface area contributed by atoms with Crippen LogP contribution >= 0.6 is 15.9 Å². The van der Waals surface area contributed by atoms with Crippen LogP contribution in [0, 0.1) is 6.92 Å². The van der Waals surface area contributed by atoms with Gasteiger partial charge in [0.25, 0.3) is 0 Å². The zero-order chi connectivity index (χ0) is 14.8. The summed E-state index contributed by atoms with van der Waals surface area (Å²) < 4.78 is 6.98. The third-order valence-electron chi connectivity index (χ3n) is 4.25. The Kier molecular flexibility index (Phi) is 4.76. The van der Waals surface area contributed by atoms with Crippen LogP contribution < -0.4 is 5.32 Å². The van der Waals surface area contributed by atoms with E-state index in [2.05, 4.69) is 43.0 Å². The van der Waals surface area contributed by atoms with E-state index in [4.69, 9.17) is 4.74 Å². The second-order valence-corrected chi connectivity index (χ2v) is 6.66. The minimum absolute atomic E-state index is 0.00618. The summed E-state index contributed by atoms with van der Waals surface area (Å²) >= 11 is 3.57. The van der Waals surface area contributed by atoms with Gasteiger partial charge in [-0.2, -0.15) is 0 Å². The zero-order valence-electron chi connectivity index (χ0n) is 12.7. The van der Waals surface area contributed by atoms with Crippen molar-refractivity contribution in [3.63, 3.8) is 0 Å². The van der Waals surface area contributed by atoms with E-state index >= 15 is 0 Å². The fourth-order valence-electron chi connectivity index (χ4n) is 3.06. The van der Waals surface area contributed by atoms with Crippen LogP contribution in [0.2, 0.25) is 0 Å². The summed E-state index contributed by atoms with van der Waals surface area (Å²) in [5.41, 5.74) is 0.964. The molecule has 1 N–H and O–H groups in total. The minimum Gasteiger partial charge on any atom is -0.369 e. The summed E-state index contributed by atoms with van der Waals surface area (Å²) in [7, 11) is 0. The van der Waals surface area contributed by atoms with Crippen LogP contribution in [0.5, 0.6) is 0 Å². The summed E-state index contributed by atoms with van der Waals surface area (Å²) in [5.74, 6) is 1.69. The van der Waals surface area contributed by atoms with Crippen molar-refractivity contribution in [3.8, 4) is 0 Å². The predicted molar refractivity (Wildman–Crippen MR) is 86.5 cm³/mol. The SMILES string of the molecule is CCCNc1nc(C2CN3CCCC3CO2)nc(C)c1Br. The molecule has 0 radical (unpaired) electrons. The molecule has 3 heterocycles. The highest BCUT2D eigenvalue weighted by molar-refractivity contribution is 9.10. The molecule has 6 heteroatoms. The van der Waals surface area contributed by atoms with Crippen molar-refractivity contribution in [2.24, 2.45) is 0 Å². The average Bonchev–Trinajstić information content (AvgIpc) is 2.96. The number of fused-ring (bicyclic) bond motifs is 1. The summed E-state index contributed by atoms with van der Waals surface area (Å²) in [5, 5.41) is 3.36. The largest absolute Gasteiger partial charge is 0.369 e. The fraction of sp³-hybridized carbons (Fsp3) is 0.733. The Bertz CT molecular complexity index is 511. The summed E-state index contributed by atoms with van der Waals surface area (Å²) in [6.45, 7) is 7.97. The van der Waals surface area contributed by atoms with E-state index in [1.807, 2.05) is 6.92 Å². The average molecular weight is 355 g/mol. The maximum atomic E-state index is 6.02. The van der Waals surface area contributed by atoms with Gasteiger partial charge in [0.1, 0.15) is 11.9 Å². The fourth-order valence-corrected chi connectivity index (χ4v) is 3.38. The molecule has 5 nitrogen and oxygen atoms in total. The molecular formula is C15H23BrN4O. The maximum Gasteiger partial charge on any atom is 0.161 e. The number of aryl methyl sites for hydroxylation is 1. The van der Waals surface area contributed by atoms with Gasteiger partial charge in [-0.3, -0.25) is 4.90 Å². The van der Waals surface area contributed by atoms with E-state index in [1.54, 1.807) is 0 Å². The third kappa shape index (κ3) is 3.22. The van der Waals surface area contributed by atoms with Crippen molar-refractivity contribution in [2.75, 3.05) is 31.6 Å². The zero-order valence-corrected chi connectivity index (χ0v) is 14.3. The lowest BCUT2D eigenvalue weighted by Crippen LogP contribution is -2.43. The first-order valence-corrected chi connectivity index (χ1v) is 8.62. The second-order valence-electron chi connectivity index (χ2n) is 5.87. The van der Waals surface area contributed by atoms with Crippen LogP contribution in [0.1, 0.15) is 43.8 Å². The lowest BCUT2D eigenvalue weighted by molar-refractivity contribution is -0.0541. The number of anilines is 1. The quantitative estimate of drug-likeness (QED) is 0.900. The molecule has 0 saturated carbocycles. The van der Waals surface area contributed by atoms with Gasteiger partial charge in [0, 0.05) is 19.1 Å². The molecule has 0 bridgehead atoms. The lowest BCUT2D eigenvalue weighted by Gasteiger charge is -2.34. The van der Waals surface area contributed by atoms with E-state index in [0.717, 1.165) is 47.9 Å². The number of aromatic nitrogens is 2. The highest BCUT2D eigenvalue weighted by Gasteiger charge is 2.34. The van der Waals surface area contributed by atoms with Gasteiger partial charge in [-0.1, -0.05) is 6.92 Å². The van der Waals surface area contributed by atoms with E-state index < -0.39 is 0 Å². The van der Waals surface area contributed by atoms with E-state index in [1.165, 1.54) is 19.4 Å². The molecule has 0 aliphatic carbocycles. The maximum absolute atomic E-state index is 6.02. The van der Waals surface area contributed by atoms with Gasteiger partial charge < -0.3 is 10.1 Å². The summed E-state index contributed by atoms with van der Waals surface area (Å²) in [6, 6.07) is 0.607. The van der Waals surface area contributed by atoms with E-state index in [-0.39, 0.29) is 6.10 Å². The highest BCUT2D eigenvalue weighted by Crippen LogP contribution is 2.31. The highest BCUT2D eigenvalue weighted by atomic mass is 79.9. The van der Waals surface area contributed by atoms with Crippen LogP contribution in [0.3, 0.4) is 0 Å². The first-order valence-electron chi connectivity index (χ1n) is 7.82. The number of rotatable bonds is 4. The van der Waals surface area contributed by atoms with E-state index in [0.29, 0.717) is 6.04 Å². The minimum atomic E-state index is -0.00618. The molecule has 2 aliphatic rings. The van der Waals surface area contributed by atoms with Crippen LogP contribution in [-0.4, -0.2) is 47.2 Å². The first kappa shape index (κ1) is 15.2. The van der Waals surface area contributed by atoms with Crippen LogP contribution in [-0.2, 0) is 4.74 Å². The number of ether oxygens (including phenoxy) is 1. The molecule has 2 atom stereocenters. The Morgan fingerprint density at radius 3 is 3.10 bits per heavy atom.